The Kier molecular flexibility index (Phi) is 7.30. The number of rotatable bonds is 6. The van der Waals surface area contributed by atoms with Gasteiger partial charge in [0.1, 0.15) is 4.58 Å². The first kappa shape index (κ1) is 14.0. The highest BCUT2D eigenvalue weighted by Gasteiger charge is 2.16. The molecule has 0 spiro atoms. The summed E-state index contributed by atoms with van der Waals surface area (Å²) in [7, 11) is -2.08. The number of nitrogens with one attached hydrogen (secondary N) is 1. The van der Waals surface area contributed by atoms with Crippen LogP contribution in [0.2, 0.25) is 0 Å². The van der Waals surface area contributed by atoms with Crippen molar-refractivity contribution in [3.05, 3.63) is 0 Å². The molecule has 4 nitrogen and oxygen atoms in total. The molecule has 3 N–H and O–H groups in total. The van der Waals surface area contributed by atoms with Crippen LogP contribution in [0.25, 0.3) is 0 Å². The van der Waals surface area contributed by atoms with E-state index in [9.17, 15) is 8.42 Å². The lowest BCUT2D eigenvalue weighted by Gasteiger charge is -2.11. The minimum Gasteiger partial charge on any atom is -0.376 e. The van der Waals surface area contributed by atoms with E-state index in [1.54, 1.807) is 12.5 Å². The monoisotopic (exact) mass is 256 g/mol. The standard InChI is InChI=1S/C7H16N2O2S3/c1-13(10)6(14(2)11)4-3-5-9-7(8)12/h6H,3-5H2,1-2H3,(H3,8,9,12). The molecule has 0 saturated heterocycles. The van der Waals surface area contributed by atoms with E-state index in [1.165, 1.54) is 0 Å². The van der Waals surface area contributed by atoms with E-state index in [-0.39, 0.29) is 9.69 Å². The summed E-state index contributed by atoms with van der Waals surface area (Å²) in [5.41, 5.74) is 5.23. The minimum atomic E-state index is -1.04. The summed E-state index contributed by atoms with van der Waals surface area (Å²) in [6.45, 7) is 0.639. The molecule has 0 bridgehead atoms. The lowest BCUT2D eigenvalue weighted by atomic mass is 10.3. The van der Waals surface area contributed by atoms with Crippen molar-refractivity contribution < 1.29 is 8.42 Å². The molecule has 2 unspecified atom stereocenters. The molecule has 0 rings (SSSR count). The zero-order valence-corrected chi connectivity index (χ0v) is 10.8. The van der Waals surface area contributed by atoms with Crippen LogP contribution in [0.15, 0.2) is 0 Å². The van der Waals surface area contributed by atoms with Crippen LogP contribution in [0.5, 0.6) is 0 Å². The largest absolute Gasteiger partial charge is 0.376 e. The van der Waals surface area contributed by atoms with Crippen LogP contribution in [0.3, 0.4) is 0 Å². The maximum Gasteiger partial charge on any atom is 0.163 e. The predicted octanol–water partition coefficient (Wildman–Crippen LogP) is -0.317. The first-order valence-corrected chi connectivity index (χ1v) is 7.78. The Morgan fingerprint density at radius 1 is 1.43 bits per heavy atom. The Balaban J connectivity index is 3.78. The maximum atomic E-state index is 11.2. The van der Waals surface area contributed by atoms with Gasteiger partial charge >= 0.3 is 0 Å². The summed E-state index contributed by atoms with van der Waals surface area (Å²) >= 11 is 4.62. The van der Waals surface area contributed by atoms with Gasteiger partial charge < -0.3 is 11.1 Å². The Labute approximate surface area is 94.9 Å². The van der Waals surface area contributed by atoms with Gasteiger partial charge in [0.25, 0.3) is 0 Å². The quantitative estimate of drug-likeness (QED) is 0.503. The second-order valence-electron chi connectivity index (χ2n) is 2.86. The van der Waals surface area contributed by atoms with Gasteiger partial charge in [-0.2, -0.15) is 0 Å². The number of hydrogen-bond acceptors (Lipinski definition) is 3. The smallest absolute Gasteiger partial charge is 0.163 e. The molecule has 0 aliphatic heterocycles. The predicted molar refractivity (Wildman–Crippen MR) is 65.9 cm³/mol. The van der Waals surface area contributed by atoms with Crippen molar-refractivity contribution >= 4 is 38.9 Å². The van der Waals surface area contributed by atoms with Gasteiger partial charge in [-0.05, 0) is 25.1 Å². The average Bonchev–Trinajstić information content (AvgIpc) is 2.01. The van der Waals surface area contributed by atoms with Crippen LogP contribution in [0.4, 0.5) is 0 Å². The van der Waals surface area contributed by atoms with E-state index < -0.39 is 21.6 Å². The van der Waals surface area contributed by atoms with Crippen molar-refractivity contribution in [3.63, 3.8) is 0 Å². The van der Waals surface area contributed by atoms with E-state index in [0.717, 1.165) is 6.42 Å². The molecule has 0 fully saturated rings. The topological polar surface area (TPSA) is 72.2 Å². The number of hydrogen-bond donors (Lipinski definition) is 2. The molecule has 0 aromatic rings. The van der Waals surface area contributed by atoms with Crippen molar-refractivity contribution in [1.29, 1.82) is 0 Å². The van der Waals surface area contributed by atoms with Crippen LogP contribution < -0.4 is 11.1 Å². The van der Waals surface area contributed by atoms with Gasteiger partial charge in [0.2, 0.25) is 0 Å². The third-order valence-electron chi connectivity index (χ3n) is 1.66. The van der Waals surface area contributed by atoms with Crippen LogP contribution in [-0.4, -0.2) is 37.2 Å². The molecule has 7 heteroatoms. The van der Waals surface area contributed by atoms with Gasteiger partial charge in [0.15, 0.2) is 5.11 Å². The highest BCUT2D eigenvalue weighted by molar-refractivity contribution is 8.02. The minimum absolute atomic E-state index is 0.247. The third kappa shape index (κ3) is 6.44. The molecule has 0 aromatic carbocycles. The van der Waals surface area contributed by atoms with Gasteiger partial charge in [-0.15, -0.1) is 0 Å². The fourth-order valence-electron chi connectivity index (χ4n) is 1.00. The summed E-state index contributed by atoms with van der Waals surface area (Å²) in [5.74, 6) is 0. The van der Waals surface area contributed by atoms with Gasteiger partial charge in [0, 0.05) is 40.7 Å². The fourth-order valence-corrected chi connectivity index (χ4v) is 3.63. The zero-order chi connectivity index (χ0) is 11.1. The van der Waals surface area contributed by atoms with Gasteiger partial charge in [-0.3, -0.25) is 8.42 Å². The normalized spacial score (nSPS) is 17.0. The zero-order valence-electron chi connectivity index (χ0n) is 8.32. The Hall–Kier alpha value is -0.0100. The van der Waals surface area contributed by atoms with Crippen LogP contribution in [-0.2, 0) is 21.6 Å². The Morgan fingerprint density at radius 2 is 1.93 bits per heavy atom. The van der Waals surface area contributed by atoms with Crippen molar-refractivity contribution in [2.45, 2.75) is 17.4 Å². The highest BCUT2D eigenvalue weighted by atomic mass is 32.2. The summed E-state index contributed by atoms with van der Waals surface area (Å²) in [5, 5.41) is 3.05. The molecular formula is C7H16N2O2S3. The molecule has 0 heterocycles. The molecule has 0 radical (unpaired) electrons. The lowest BCUT2D eigenvalue weighted by molar-refractivity contribution is 0.659. The number of thiocarbonyl (C=S) groups is 1. The lowest BCUT2D eigenvalue weighted by Crippen LogP contribution is -2.30. The molecule has 0 aliphatic rings. The fraction of sp³-hybridized carbons (Fsp3) is 0.857. The number of nitrogens with two attached hydrogens (primary N) is 1. The second-order valence-corrected chi connectivity index (χ2v) is 6.73. The van der Waals surface area contributed by atoms with Crippen LogP contribution in [0.1, 0.15) is 12.8 Å². The highest BCUT2D eigenvalue weighted by Crippen LogP contribution is 2.07. The first-order valence-electron chi connectivity index (χ1n) is 4.13. The molecule has 14 heavy (non-hydrogen) atoms. The van der Waals surface area contributed by atoms with E-state index in [1.807, 2.05) is 0 Å². The Morgan fingerprint density at radius 3 is 2.29 bits per heavy atom. The van der Waals surface area contributed by atoms with Crippen molar-refractivity contribution in [2.24, 2.45) is 5.73 Å². The molecule has 0 amide bonds. The molecule has 2 atom stereocenters. The van der Waals surface area contributed by atoms with E-state index in [2.05, 4.69) is 17.5 Å². The molecule has 0 saturated carbocycles. The van der Waals surface area contributed by atoms with Crippen LogP contribution in [0, 0.1) is 0 Å². The molecule has 84 valence electrons. The Bertz CT molecular complexity index is 231. The van der Waals surface area contributed by atoms with Gasteiger partial charge in [-0.1, -0.05) is 0 Å². The van der Waals surface area contributed by atoms with E-state index in [4.69, 9.17) is 5.73 Å². The van der Waals surface area contributed by atoms with Gasteiger partial charge in [0.05, 0.1) is 0 Å². The van der Waals surface area contributed by atoms with Crippen molar-refractivity contribution in [3.8, 4) is 0 Å². The maximum absolute atomic E-state index is 11.2. The first-order chi connectivity index (χ1) is 6.45. The summed E-state index contributed by atoms with van der Waals surface area (Å²) in [6.07, 6.45) is 4.57. The summed E-state index contributed by atoms with van der Waals surface area (Å²) in [6, 6.07) is 0. The molecular weight excluding hydrogens is 240 g/mol. The third-order valence-corrected chi connectivity index (χ3v) is 5.38. The summed E-state index contributed by atoms with van der Waals surface area (Å²) < 4.78 is 22.1. The van der Waals surface area contributed by atoms with Gasteiger partial charge in [-0.25, -0.2) is 0 Å². The SMILES string of the molecule is CS(=O)C(CCCNC(N)=S)S(C)=O. The van der Waals surface area contributed by atoms with E-state index >= 15 is 0 Å². The van der Waals surface area contributed by atoms with Crippen molar-refractivity contribution in [2.75, 3.05) is 19.1 Å². The van der Waals surface area contributed by atoms with E-state index in [0.29, 0.717) is 13.0 Å². The van der Waals surface area contributed by atoms with Crippen LogP contribution >= 0.6 is 12.2 Å². The molecule has 0 aromatic heterocycles. The second kappa shape index (κ2) is 7.30. The van der Waals surface area contributed by atoms with Crippen molar-refractivity contribution in [1.82, 2.24) is 5.32 Å². The average molecular weight is 256 g/mol. The summed E-state index contributed by atoms with van der Waals surface area (Å²) in [4.78, 5) is 0. The molecule has 0 aliphatic carbocycles.